The highest BCUT2D eigenvalue weighted by molar-refractivity contribution is 5.95. The lowest BCUT2D eigenvalue weighted by molar-refractivity contribution is -0.127. The van der Waals surface area contributed by atoms with Gasteiger partial charge in [0.05, 0.1) is 12.6 Å². The fraction of sp³-hybridized carbons (Fsp3) is 0.619. The first-order valence-corrected chi connectivity index (χ1v) is 9.80. The van der Waals surface area contributed by atoms with Gasteiger partial charge in [0.25, 0.3) is 0 Å². The number of para-hydroxylation sites is 1. The third-order valence-electron chi connectivity index (χ3n) is 5.60. The van der Waals surface area contributed by atoms with Crippen LogP contribution >= 0.6 is 0 Å². The standard InChI is InChI=1S/C21H30N2O3/c1-15(22-21(25)16-8-4-3-5-9-16)12-20(24)23-14-18(26-2)13-17-10-6-7-11-19(17)23/h6-7,10-11,15-16,18H,3-5,8-9,12-14H2,1-2H3,(H,22,25). The van der Waals surface area contributed by atoms with E-state index in [2.05, 4.69) is 11.4 Å². The van der Waals surface area contributed by atoms with Gasteiger partial charge < -0.3 is 15.0 Å². The van der Waals surface area contributed by atoms with Crippen LogP contribution in [-0.2, 0) is 20.7 Å². The largest absolute Gasteiger partial charge is 0.379 e. The third-order valence-corrected chi connectivity index (χ3v) is 5.60. The second kappa shape index (κ2) is 8.67. The molecule has 1 aliphatic carbocycles. The van der Waals surface area contributed by atoms with Crippen molar-refractivity contribution in [1.82, 2.24) is 5.32 Å². The van der Waals surface area contributed by atoms with Crippen molar-refractivity contribution in [1.29, 1.82) is 0 Å². The summed E-state index contributed by atoms with van der Waals surface area (Å²) in [5.41, 5.74) is 2.11. The normalized spacial score (nSPS) is 21.8. The van der Waals surface area contributed by atoms with E-state index in [1.165, 1.54) is 6.42 Å². The number of ether oxygens (including phenoxy) is 1. The van der Waals surface area contributed by atoms with Gasteiger partial charge in [-0.05, 0) is 31.4 Å². The molecule has 1 aromatic rings. The molecule has 0 saturated heterocycles. The van der Waals surface area contributed by atoms with Gasteiger partial charge in [-0.3, -0.25) is 9.59 Å². The molecule has 0 spiro atoms. The number of hydrogen-bond acceptors (Lipinski definition) is 3. The molecule has 2 amide bonds. The van der Waals surface area contributed by atoms with Crippen LogP contribution in [0.15, 0.2) is 24.3 Å². The SMILES string of the molecule is COC1Cc2ccccc2N(C(=O)CC(C)NC(=O)C2CCCCC2)C1. The van der Waals surface area contributed by atoms with E-state index in [1.54, 1.807) is 7.11 Å². The molecule has 5 nitrogen and oxygen atoms in total. The minimum atomic E-state index is -0.160. The summed E-state index contributed by atoms with van der Waals surface area (Å²) in [6.45, 7) is 2.48. The number of anilines is 1. The zero-order valence-corrected chi connectivity index (χ0v) is 15.9. The van der Waals surface area contributed by atoms with E-state index in [1.807, 2.05) is 30.0 Å². The summed E-state index contributed by atoms with van der Waals surface area (Å²) in [6.07, 6.45) is 6.59. The number of fused-ring (bicyclic) bond motifs is 1. The van der Waals surface area contributed by atoms with Crippen LogP contribution in [0.1, 0.15) is 51.0 Å². The van der Waals surface area contributed by atoms with Gasteiger partial charge in [-0.15, -0.1) is 0 Å². The van der Waals surface area contributed by atoms with Crippen LogP contribution in [-0.4, -0.2) is 37.6 Å². The Labute approximate surface area is 156 Å². The molecule has 1 heterocycles. The molecule has 2 unspecified atom stereocenters. The number of nitrogens with zero attached hydrogens (tertiary/aromatic N) is 1. The summed E-state index contributed by atoms with van der Waals surface area (Å²) in [6, 6.07) is 7.83. The summed E-state index contributed by atoms with van der Waals surface area (Å²) in [7, 11) is 1.69. The van der Waals surface area contributed by atoms with Gasteiger partial charge in [0, 0.05) is 37.6 Å². The second-order valence-electron chi connectivity index (χ2n) is 7.64. The van der Waals surface area contributed by atoms with Crippen LogP contribution in [0.3, 0.4) is 0 Å². The molecule has 26 heavy (non-hydrogen) atoms. The molecule has 1 saturated carbocycles. The number of methoxy groups -OCH3 is 1. The predicted molar refractivity (Wildman–Crippen MR) is 102 cm³/mol. The first kappa shape index (κ1) is 18.9. The van der Waals surface area contributed by atoms with Crippen molar-refractivity contribution in [2.45, 2.75) is 64.0 Å². The van der Waals surface area contributed by atoms with E-state index in [9.17, 15) is 9.59 Å². The van der Waals surface area contributed by atoms with Crippen LogP contribution < -0.4 is 10.2 Å². The highest BCUT2D eigenvalue weighted by atomic mass is 16.5. The minimum Gasteiger partial charge on any atom is -0.379 e. The van der Waals surface area contributed by atoms with E-state index in [0.717, 1.165) is 43.4 Å². The molecule has 1 fully saturated rings. The van der Waals surface area contributed by atoms with Crippen LogP contribution in [0.5, 0.6) is 0 Å². The topological polar surface area (TPSA) is 58.6 Å². The summed E-state index contributed by atoms with van der Waals surface area (Å²) < 4.78 is 5.51. The number of nitrogens with one attached hydrogen (secondary N) is 1. The fourth-order valence-corrected chi connectivity index (χ4v) is 4.10. The van der Waals surface area contributed by atoms with E-state index in [-0.39, 0.29) is 29.9 Å². The van der Waals surface area contributed by atoms with Gasteiger partial charge in [0.15, 0.2) is 0 Å². The van der Waals surface area contributed by atoms with Crippen LogP contribution in [0.4, 0.5) is 5.69 Å². The summed E-state index contributed by atoms with van der Waals surface area (Å²) in [5, 5.41) is 3.05. The van der Waals surface area contributed by atoms with Gasteiger partial charge >= 0.3 is 0 Å². The molecule has 2 atom stereocenters. The Balaban J connectivity index is 1.60. The highest BCUT2D eigenvalue weighted by Crippen LogP contribution is 2.29. The molecule has 1 aliphatic heterocycles. The van der Waals surface area contributed by atoms with Gasteiger partial charge in [0.2, 0.25) is 11.8 Å². The van der Waals surface area contributed by atoms with Gasteiger partial charge in [-0.1, -0.05) is 37.5 Å². The second-order valence-corrected chi connectivity index (χ2v) is 7.64. The quantitative estimate of drug-likeness (QED) is 0.880. The molecule has 1 aromatic carbocycles. The summed E-state index contributed by atoms with van der Waals surface area (Å²) in [5.74, 6) is 0.268. The Bertz CT molecular complexity index is 640. The number of benzene rings is 1. The lowest BCUT2D eigenvalue weighted by Gasteiger charge is -2.34. The van der Waals surface area contributed by atoms with Gasteiger partial charge in [0.1, 0.15) is 0 Å². The number of amides is 2. The van der Waals surface area contributed by atoms with Gasteiger partial charge in [-0.25, -0.2) is 0 Å². The van der Waals surface area contributed by atoms with E-state index >= 15 is 0 Å². The molecule has 1 N–H and O–H groups in total. The van der Waals surface area contributed by atoms with E-state index in [0.29, 0.717) is 13.0 Å². The molecule has 3 rings (SSSR count). The van der Waals surface area contributed by atoms with Crippen molar-refractivity contribution >= 4 is 17.5 Å². The molecule has 5 heteroatoms. The zero-order chi connectivity index (χ0) is 18.5. The summed E-state index contributed by atoms with van der Waals surface area (Å²) in [4.78, 5) is 27.1. The van der Waals surface area contributed by atoms with Crippen LogP contribution in [0.25, 0.3) is 0 Å². The Morgan fingerprint density at radius 1 is 1.23 bits per heavy atom. The molecule has 0 aromatic heterocycles. The maximum atomic E-state index is 12.9. The predicted octanol–water partition coefficient (Wildman–Crippen LogP) is 3.07. The minimum absolute atomic E-state index is 0.0148. The summed E-state index contributed by atoms with van der Waals surface area (Å²) >= 11 is 0. The van der Waals surface area contributed by atoms with Crippen LogP contribution in [0, 0.1) is 5.92 Å². The Morgan fingerprint density at radius 3 is 2.69 bits per heavy atom. The lowest BCUT2D eigenvalue weighted by Crippen LogP contribution is -2.46. The average molecular weight is 358 g/mol. The van der Waals surface area contributed by atoms with Gasteiger partial charge in [-0.2, -0.15) is 0 Å². The molecule has 142 valence electrons. The van der Waals surface area contributed by atoms with Crippen molar-refractivity contribution in [2.24, 2.45) is 5.92 Å². The van der Waals surface area contributed by atoms with Crippen molar-refractivity contribution < 1.29 is 14.3 Å². The smallest absolute Gasteiger partial charge is 0.229 e. The highest BCUT2D eigenvalue weighted by Gasteiger charge is 2.29. The Morgan fingerprint density at radius 2 is 1.96 bits per heavy atom. The average Bonchev–Trinajstić information content (AvgIpc) is 2.67. The fourth-order valence-electron chi connectivity index (χ4n) is 4.10. The molecule has 0 radical (unpaired) electrons. The number of hydrogen-bond donors (Lipinski definition) is 1. The lowest BCUT2D eigenvalue weighted by atomic mass is 9.88. The van der Waals surface area contributed by atoms with Crippen molar-refractivity contribution in [3.8, 4) is 0 Å². The molecular formula is C21H30N2O3. The number of carbonyl (C=O) groups excluding carboxylic acids is 2. The number of rotatable bonds is 5. The van der Waals surface area contributed by atoms with Crippen LogP contribution in [0.2, 0.25) is 0 Å². The Kier molecular flexibility index (Phi) is 6.30. The first-order chi connectivity index (χ1) is 12.6. The Hall–Kier alpha value is -1.88. The molecular weight excluding hydrogens is 328 g/mol. The maximum absolute atomic E-state index is 12.9. The van der Waals surface area contributed by atoms with Crippen molar-refractivity contribution in [3.63, 3.8) is 0 Å². The maximum Gasteiger partial charge on any atom is 0.229 e. The molecule has 0 bridgehead atoms. The molecule has 2 aliphatic rings. The van der Waals surface area contributed by atoms with E-state index < -0.39 is 0 Å². The monoisotopic (exact) mass is 358 g/mol. The van der Waals surface area contributed by atoms with E-state index in [4.69, 9.17) is 4.74 Å². The zero-order valence-electron chi connectivity index (χ0n) is 15.9. The van der Waals surface area contributed by atoms with Crippen molar-refractivity contribution in [3.05, 3.63) is 29.8 Å². The van der Waals surface area contributed by atoms with Crippen molar-refractivity contribution in [2.75, 3.05) is 18.6 Å². The third kappa shape index (κ3) is 4.44. The first-order valence-electron chi connectivity index (χ1n) is 9.80. The number of carbonyl (C=O) groups is 2.